The number of rotatable bonds is 2. The third kappa shape index (κ3) is 1.89. The van der Waals surface area contributed by atoms with E-state index in [0.29, 0.717) is 11.8 Å². The molecule has 1 aromatic heterocycles. The molecule has 0 aromatic carbocycles. The molecule has 1 rings (SSSR count). The molecular weight excluding hydrogens is 220 g/mol. The summed E-state index contributed by atoms with van der Waals surface area (Å²) >= 11 is 3.19. The highest BCUT2D eigenvalue weighted by Gasteiger charge is 2.19. The van der Waals surface area contributed by atoms with Crippen molar-refractivity contribution in [2.75, 3.05) is 0 Å². The van der Waals surface area contributed by atoms with Crippen molar-refractivity contribution in [3.05, 3.63) is 28.5 Å². The molecule has 1 aromatic rings. The largest absolute Gasteiger partial charge is 0.316 e. The summed E-state index contributed by atoms with van der Waals surface area (Å²) in [6.45, 7) is 1.64. The molecule has 64 valence electrons. The molecule has 0 bridgehead atoms. The van der Waals surface area contributed by atoms with Crippen LogP contribution in [-0.4, -0.2) is 11.3 Å². The van der Waals surface area contributed by atoms with Crippen LogP contribution in [-0.2, 0) is 10.3 Å². The highest BCUT2D eigenvalue weighted by molar-refractivity contribution is 9.10. The number of pyridine rings is 1. The van der Waals surface area contributed by atoms with Gasteiger partial charge in [-0.3, -0.25) is 0 Å². The third-order valence-corrected chi connectivity index (χ3v) is 2.06. The molecule has 1 atom stereocenters. The second-order valence-electron chi connectivity index (χ2n) is 2.77. The first kappa shape index (κ1) is 9.35. The minimum Gasteiger partial charge on any atom is -0.316 e. The molecule has 1 heterocycles. The predicted molar refractivity (Wildman–Crippen MR) is 49.5 cm³/mol. The van der Waals surface area contributed by atoms with Crippen molar-refractivity contribution in [2.24, 2.45) is 5.73 Å². The van der Waals surface area contributed by atoms with Gasteiger partial charge in [-0.05, 0) is 34.5 Å². The second kappa shape index (κ2) is 3.33. The lowest BCUT2D eigenvalue weighted by atomic mass is 9.97. The quantitative estimate of drug-likeness (QED) is 0.612. The van der Waals surface area contributed by atoms with Crippen LogP contribution in [0.4, 0.5) is 0 Å². The minimum absolute atomic E-state index is 0.706. The summed E-state index contributed by atoms with van der Waals surface area (Å²) in [6.07, 6.45) is 2.29. The average molecular weight is 229 g/mol. The Labute approximate surface area is 79.1 Å². The molecule has 3 nitrogen and oxygen atoms in total. The van der Waals surface area contributed by atoms with Gasteiger partial charge in [-0.1, -0.05) is 6.07 Å². The van der Waals surface area contributed by atoms with Crippen LogP contribution < -0.4 is 5.73 Å². The van der Waals surface area contributed by atoms with Gasteiger partial charge in [-0.25, -0.2) is 4.98 Å². The SMILES string of the molecule is CC(N)(C=O)c1ccc(Br)nc1. The molecule has 0 spiro atoms. The third-order valence-electron chi connectivity index (χ3n) is 1.59. The molecule has 0 radical (unpaired) electrons. The van der Waals surface area contributed by atoms with Crippen LogP contribution in [0.25, 0.3) is 0 Å². The van der Waals surface area contributed by atoms with Crippen molar-refractivity contribution in [3.8, 4) is 0 Å². The van der Waals surface area contributed by atoms with E-state index >= 15 is 0 Å². The van der Waals surface area contributed by atoms with Crippen LogP contribution >= 0.6 is 15.9 Å². The fourth-order valence-electron chi connectivity index (χ4n) is 0.763. The zero-order valence-electron chi connectivity index (χ0n) is 6.62. The van der Waals surface area contributed by atoms with E-state index in [1.165, 1.54) is 0 Å². The second-order valence-corrected chi connectivity index (χ2v) is 3.58. The number of aromatic nitrogens is 1. The van der Waals surface area contributed by atoms with E-state index in [4.69, 9.17) is 5.73 Å². The van der Waals surface area contributed by atoms with Gasteiger partial charge in [-0.2, -0.15) is 0 Å². The number of nitrogens with two attached hydrogens (primary N) is 1. The van der Waals surface area contributed by atoms with Crippen molar-refractivity contribution in [3.63, 3.8) is 0 Å². The Kier molecular flexibility index (Phi) is 2.59. The van der Waals surface area contributed by atoms with Gasteiger partial charge in [0.2, 0.25) is 0 Å². The van der Waals surface area contributed by atoms with Gasteiger partial charge in [0.1, 0.15) is 10.9 Å². The molecule has 0 aliphatic heterocycles. The summed E-state index contributed by atoms with van der Waals surface area (Å²) in [5.74, 6) is 0. The molecule has 0 aliphatic carbocycles. The lowest BCUT2D eigenvalue weighted by Gasteiger charge is -2.16. The number of hydrogen-bond donors (Lipinski definition) is 1. The zero-order chi connectivity index (χ0) is 9.19. The highest BCUT2D eigenvalue weighted by atomic mass is 79.9. The Morgan fingerprint density at radius 1 is 1.67 bits per heavy atom. The van der Waals surface area contributed by atoms with Crippen LogP contribution in [0.3, 0.4) is 0 Å². The van der Waals surface area contributed by atoms with Crippen LogP contribution in [0, 0.1) is 0 Å². The molecule has 2 N–H and O–H groups in total. The summed E-state index contributed by atoms with van der Waals surface area (Å²) in [4.78, 5) is 14.5. The van der Waals surface area contributed by atoms with Crippen molar-refractivity contribution in [1.29, 1.82) is 0 Å². The van der Waals surface area contributed by atoms with Gasteiger partial charge in [0, 0.05) is 6.20 Å². The lowest BCUT2D eigenvalue weighted by Crippen LogP contribution is -2.34. The summed E-state index contributed by atoms with van der Waals surface area (Å²) in [5, 5.41) is 0. The van der Waals surface area contributed by atoms with E-state index in [0.717, 1.165) is 4.60 Å². The number of carbonyl (C=O) groups is 1. The first-order chi connectivity index (χ1) is 5.56. The lowest BCUT2D eigenvalue weighted by molar-refractivity contribution is -0.112. The van der Waals surface area contributed by atoms with E-state index < -0.39 is 5.54 Å². The van der Waals surface area contributed by atoms with E-state index in [-0.39, 0.29) is 0 Å². The molecule has 4 heteroatoms. The topological polar surface area (TPSA) is 56.0 Å². The fraction of sp³-hybridized carbons (Fsp3) is 0.250. The van der Waals surface area contributed by atoms with E-state index in [9.17, 15) is 4.79 Å². The normalized spacial score (nSPS) is 15.2. The number of hydrogen-bond acceptors (Lipinski definition) is 3. The first-order valence-electron chi connectivity index (χ1n) is 3.43. The van der Waals surface area contributed by atoms with E-state index in [1.807, 2.05) is 0 Å². The van der Waals surface area contributed by atoms with Crippen LogP contribution in [0.5, 0.6) is 0 Å². The smallest absolute Gasteiger partial charge is 0.144 e. The summed E-state index contributed by atoms with van der Waals surface area (Å²) in [7, 11) is 0. The summed E-state index contributed by atoms with van der Waals surface area (Å²) in [5.41, 5.74) is 5.44. The molecule has 0 aliphatic rings. The van der Waals surface area contributed by atoms with Crippen molar-refractivity contribution >= 4 is 22.2 Å². The van der Waals surface area contributed by atoms with Gasteiger partial charge in [0.05, 0.1) is 5.54 Å². The monoisotopic (exact) mass is 228 g/mol. The fourth-order valence-corrected chi connectivity index (χ4v) is 0.997. The van der Waals surface area contributed by atoms with Crippen LogP contribution in [0.2, 0.25) is 0 Å². The maximum Gasteiger partial charge on any atom is 0.144 e. The Morgan fingerprint density at radius 2 is 2.33 bits per heavy atom. The standard InChI is InChI=1S/C8H9BrN2O/c1-8(10,5-12)6-2-3-7(9)11-4-6/h2-5H,10H2,1H3. The molecule has 0 amide bonds. The van der Waals surface area contributed by atoms with Crippen LogP contribution in [0.15, 0.2) is 22.9 Å². The van der Waals surface area contributed by atoms with Gasteiger partial charge < -0.3 is 10.5 Å². The number of halogens is 1. The van der Waals surface area contributed by atoms with Gasteiger partial charge in [0.25, 0.3) is 0 Å². The summed E-state index contributed by atoms with van der Waals surface area (Å²) < 4.78 is 0.730. The zero-order valence-corrected chi connectivity index (χ0v) is 8.21. The Bertz CT molecular complexity index is 282. The molecular formula is C8H9BrN2O. The number of nitrogens with zero attached hydrogens (tertiary/aromatic N) is 1. The maximum atomic E-state index is 10.5. The average Bonchev–Trinajstić information content (AvgIpc) is 2.05. The Hall–Kier alpha value is -0.740. The predicted octanol–water partition coefficient (Wildman–Crippen LogP) is 1.22. The van der Waals surface area contributed by atoms with Gasteiger partial charge >= 0.3 is 0 Å². The van der Waals surface area contributed by atoms with Crippen molar-refractivity contribution in [1.82, 2.24) is 4.98 Å². The minimum atomic E-state index is -0.937. The molecule has 0 fully saturated rings. The molecule has 12 heavy (non-hydrogen) atoms. The molecule has 1 unspecified atom stereocenters. The van der Waals surface area contributed by atoms with Crippen LogP contribution in [0.1, 0.15) is 12.5 Å². The number of carbonyl (C=O) groups excluding carboxylic acids is 1. The van der Waals surface area contributed by atoms with E-state index in [1.54, 1.807) is 25.3 Å². The van der Waals surface area contributed by atoms with Gasteiger partial charge in [-0.15, -0.1) is 0 Å². The molecule has 0 saturated heterocycles. The van der Waals surface area contributed by atoms with Gasteiger partial charge in [0.15, 0.2) is 0 Å². The summed E-state index contributed by atoms with van der Waals surface area (Å²) in [6, 6.07) is 3.52. The Balaban J connectivity index is 3.04. The van der Waals surface area contributed by atoms with Crippen molar-refractivity contribution < 1.29 is 4.79 Å². The number of aldehydes is 1. The molecule has 0 saturated carbocycles. The highest BCUT2D eigenvalue weighted by Crippen LogP contribution is 2.15. The van der Waals surface area contributed by atoms with E-state index in [2.05, 4.69) is 20.9 Å². The first-order valence-corrected chi connectivity index (χ1v) is 4.23. The van der Waals surface area contributed by atoms with Crippen molar-refractivity contribution in [2.45, 2.75) is 12.5 Å². The Morgan fingerprint density at radius 3 is 2.75 bits per heavy atom. The maximum absolute atomic E-state index is 10.5.